The predicted octanol–water partition coefficient (Wildman–Crippen LogP) is 4.23. The number of carbonyl (C=O) groups excluding carboxylic acids is 1. The average molecular weight is 348 g/mol. The molecule has 2 aromatic carbocycles. The molecule has 0 bridgehead atoms. The van der Waals surface area contributed by atoms with E-state index in [4.69, 9.17) is 4.74 Å². The Bertz CT molecular complexity index is 941. The molecule has 1 aliphatic rings. The van der Waals surface area contributed by atoms with Gasteiger partial charge in [0, 0.05) is 28.7 Å². The van der Waals surface area contributed by atoms with Gasteiger partial charge in [0.1, 0.15) is 5.75 Å². The molecule has 1 atom stereocenters. The van der Waals surface area contributed by atoms with Crippen LogP contribution < -0.4 is 10.1 Å². The van der Waals surface area contributed by atoms with E-state index in [1.165, 1.54) is 28.6 Å². The Morgan fingerprint density at radius 3 is 2.81 bits per heavy atom. The van der Waals surface area contributed by atoms with Crippen LogP contribution in [-0.2, 0) is 19.4 Å². The van der Waals surface area contributed by atoms with Crippen molar-refractivity contribution in [3.63, 3.8) is 0 Å². The van der Waals surface area contributed by atoms with E-state index < -0.39 is 0 Å². The van der Waals surface area contributed by atoms with Crippen molar-refractivity contribution in [2.75, 3.05) is 7.11 Å². The number of rotatable bonds is 4. The summed E-state index contributed by atoms with van der Waals surface area (Å²) < 4.78 is 5.13. The zero-order valence-corrected chi connectivity index (χ0v) is 15.3. The van der Waals surface area contributed by atoms with Gasteiger partial charge >= 0.3 is 0 Å². The van der Waals surface area contributed by atoms with Gasteiger partial charge in [-0.15, -0.1) is 0 Å². The Morgan fingerprint density at radius 1 is 1.23 bits per heavy atom. The van der Waals surface area contributed by atoms with Gasteiger partial charge in [-0.2, -0.15) is 0 Å². The Hall–Kier alpha value is -2.75. The number of aromatic amines is 1. The molecule has 0 spiro atoms. The Labute approximate surface area is 153 Å². The quantitative estimate of drug-likeness (QED) is 0.741. The second-order valence-corrected chi connectivity index (χ2v) is 7.22. The van der Waals surface area contributed by atoms with E-state index in [-0.39, 0.29) is 5.91 Å². The molecule has 1 aliphatic carbocycles. The minimum Gasteiger partial charge on any atom is -0.497 e. The Morgan fingerprint density at radius 2 is 2.04 bits per heavy atom. The maximum atomic E-state index is 12.3. The lowest BCUT2D eigenvalue weighted by molar-refractivity contribution is 0.0951. The first-order valence-corrected chi connectivity index (χ1v) is 9.18. The van der Waals surface area contributed by atoms with Crippen molar-refractivity contribution < 1.29 is 9.53 Å². The topological polar surface area (TPSA) is 54.1 Å². The van der Waals surface area contributed by atoms with Crippen LogP contribution in [-0.4, -0.2) is 18.0 Å². The molecule has 3 aromatic rings. The van der Waals surface area contributed by atoms with Crippen molar-refractivity contribution >= 4 is 16.8 Å². The average Bonchev–Trinajstić information content (AvgIpc) is 3.03. The number of methoxy groups -OCH3 is 1. The van der Waals surface area contributed by atoms with E-state index in [1.807, 2.05) is 0 Å². The van der Waals surface area contributed by atoms with E-state index in [1.54, 1.807) is 31.4 Å². The smallest absolute Gasteiger partial charge is 0.251 e. The fourth-order valence-corrected chi connectivity index (χ4v) is 3.78. The molecule has 0 radical (unpaired) electrons. The summed E-state index contributed by atoms with van der Waals surface area (Å²) in [7, 11) is 1.62. The summed E-state index contributed by atoms with van der Waals surface area (Å²) >= 11 is 0. The first kappa shape index (κ1) is 16.7. The molecular weight excluding hydrogens is 324 g/mol. The minimum absolute atomic E-state index is 0.0718. The van der Waals surface area contributed by atoms with Crippen LogP contribution in [0.15, 0.2) is 42.5 Å². The largest absolute Gasteiger partial charge is 0.497 e. The fraction of sp³-hybridized carbons (Fsp3) is 0.318. The lowest BCUT2D eigenvalue weighted by Gasteiger charge is -2.18. The van der Waals surface area contributed by atoms with E-state index >= 15 is 0 Å². The summed E-state index contributed by atoms with van der Waals surface area (Å²) in [5.74, 6) is 1.41. The molecule has 0 saturated heterocycles. The fourth-order valence-electron chi connectivity index (χ4n) is 3.78. The van der Waals surface area contributed by atoms with Crippen LogP contribution in [0.3, 0.4) is 0 Å². The highest BCUT2D eigenvalue weighted by atomic mass is 16.5. The van der Waals surface area contributed by atoms with Crippen molar-refractivity contribution in [3.05, 3.63) is 64.8 Å². The van der Waals surface area contributed by atoms with Crippen molar-refractivity contribution in [3.8, 4) is 5.75 Å². The number of H-pyrrole nitrogens is 1. The van der Waals surface area contributed by atoms with Crippen LogP contribution in [0.1, 0.15) is 40.5 Å². The third-order valence-corrected chi connectivity index (χ3v) is 5.30. The van der Waals surface area contributed by atoms with Crippen LogP contribution in [0.25, 0.3) is 10.9 Å². The van der Waals surface area contributed by atoms with Gasteiger partial charge in [0.25, 0.3) is 5.91 Å². The predicted molar refractivity (Wildman–Crippen MR) is 104 cm³/mol. The van der Waals surface area contributed by atoms with E-state index in [9.17, 15) is 4.79 Å². The summed E-state index contributed by atoms with van der Waals surface area (Å²) in [6.45, 7) is 2.84. The highest BCUT2D eigenvalue weighted by molar-refractivity contribution is 5.94. The second-order valence-electron chi connectivity index (χ2n) is 7.22. The number of aryl methyl sites for hydroxylation is 1. The van der Waals surface area contributed by atoms with Crippen molar-refractivity contribution in [2.45, 2.75) is 32.7 Å². The number of hydrogen-bond acceptors (Lipinski definition) is 2. The molecule has 26 heavy (non-hydrogen) atoms. The van der Waals surface area contributed by atoms with Gasteiger partial charge < -0.3 is 15.0 Å². The van der Waals surface area contributed by atoms with Crippen molar-refractivity contribution in [2.24, 2.45) is 5.92 Å². The van der Waals surface area contributed by atoms with E-state index in [2.05, 4.69) is 35.4 Å². The highest BCUT2D eigenvalue weighted by Gasteiger charge is 2.19. The number of hydrogen-bond donors (Lipinski definition) is 2. The van der Waals surface area contributed by atoms with Crippen LogP contribution in [0.5, 0.6) is 5.75 Å². The lowest BCUT2D eigenvalue weighted by atomic mass is 9.87. The molecule has 0 saturated carbocycles. The number of aromatic nitrogens is 1. The maximum absolute atomic E-state index is 12.3. The zero-order valence-electron chi connectivity index (χ0n) is 15.3. The number of nitrogens with one attached hydrogen (secondary N) is 2. The molecule has 0 fully saturated rings. The molecule has 1 aromatic heterocycles. The molecule has 4 heteroatoms. The van der Waals surface area contributed by atoms with Gasteiger partial charge in [-0.3, -0.25) is 4.79 Å². The van der Waals surface area contributed by atoms with Gasteiger partial charge in [0.2, 0.25) is 0 Å². The molecule has 2 N–H and O–H groups in total. The number of carbonyl (C=O) groups is 1. The standard InChI is InChI=1S/C22H24N2O2/c1-14-3-9-20-18(11-14)19-12-15(4-10-21(19)24-20)13-23-22(25)16-5-7-17(26-2)8-6-16/h4-8,10,12,14,24H,3,9,11,13H2,1-2H3,(H,23,25)/t14-/m0/s1. The third-order valence-electron chi connectivity index (χ3n) is 5.30. The molecule has 1 heterocycles. The molecular formula is C22H24N2O2. The second kappa shape index (κ2) is 6.87. The molecule has 4 rings (SSSR count). The first-order chi connectivity index (χ1) is 12.6. The molecule has 134 valence electrons. The summed E-state index contributed by atoms with van der Waals surface area (Å²) in [5.41, 5.74) is 5.81. The summed E-state index contributed by atoms with van der Waals surface area (Å²) in [4.78, 5) is 15.9. The monoisotopic (exact) mass is 348 g/mol. The highest BCUT2D eigenvalue weighted by Crippen LogP contribution is 2.32. The zero-order chi connectivity index (χ0) is 18.1. The molecule has 0 unspecified atom stereocenters. The Kier molecular flexibility index (Phi) is 4.41. The number of benzene rings is 2. The SMILES string of the molecule is COc1ccc(C(=O)NCc2ccc3[nH]c4c(c3c2)C[C@@H](C)CC4)cc1. The number of amides is 1. The lowest BCUT2D eigenvalue weighted by Crippen LogP contribution is -2.22. The van der Waals surface area contributed by atoms with Crippen LogP contribution in [0, 0.1) is 5.92 Å². The summed E-state index contributed by atoms with van der Waals surface area (Å²) in [6.07, 6.45) is 3.52. The Balaban J connectivity index is 1.50. The van der Waals surface area contributed by atoms with Crippen LogP contribution >= 0.6 is 0 Å². The number of fused-ring (bicyclic) bond motifs is 3. The molecule has 1 amide bonds. The third kappa shape index (κ3) is 3.19. The molecule has 0 aliphatic heterocycles. The van der Waals surface area contributed by atoms with Gasteiger partial charge in [-0.05, 0) is 72.7 Å². The van der Waals surface area contributed by atoms with Crippen LogP contribution in [0.2, 0.25) is 0 Å². The van der Waals surface area contributed by atoms with Gasteiger partial charge in [0.05, 0.1) is 7.11 Å². The number of ether oxygens (including phenoxy) is 1. The molecule has 4 nitrogen and oxygen atoms in total. The van der Waals surface area contributed by atoms with Gasteiger partial charge in [-0.25, -0.2) is 0 Å². The van der Waals surface area contributed by atoms with Gasteiger partial charge in [0.15, 0.2) is 0 Å². The van der Waals surface area contributed by atoms with E-state index in [0.717, 1.165) is 30.1 Å². The van der Waals surface area contributed by atoms with Crippen molar-refractivity contribution in [1.82, 2.24) is 10.3 Å². The maximum Gasteiger partial charge on any atom is 0.251 e. The van der Waals surface area contributed by atoms with Gasteiger partial charge in [-0.1, -0.05) is 13.0 Å². The normalized spacial score (nSPS) is 16.3. The summed E-state index contributed by atoms with van der Waals surface area (Å²) in [5, 5.41) is 4.32. The first-order valence-electron chi connectivity index (χ1n) is 9.18. The van der Waals surface area contributed by atoms with Crippen LogP contribution in [0.4, 0.5) is 0 Å². The van der Waals surface area contributed by atoms with Crippen molar-refractivity contribution in [1.29, 1.82) is 0 Å². The summed E-state index contributed by atoms with van der Waals surface area (Å²) in [6, 6.07) is 13.6. The minimum atomic E-state index is -0.0718. The van der Waals surface area contributed by atoms with E-state index in [0.29, 0.717) is 12.1 Å².